The molecule has 0 fully saturated rings. The Morgan fingerprint density at radius 1 is 1.20 bits per heavy atom. The van der Waals surface area contributed by atoms with E-state index in [9.17, 15) is 5.11 Å². The quantitative estimate of drug-likeness (QED) is 0.932. The molecule has 0 spiro atoms. The van der Waals surface area contributed by atoms with Gasteiger partial charge in [0.15, 0.2) is 0 Å². The Morgan fingerprint density at radius 3 is 2.75 bits per heavy atom. The molecule has 2 aromatic rings. The van der Waals surface area contributed by atoms with Crippen molar-refractivity contribution in [3.8, 4) is 11.5 Å². The predicted octanol–water partition coefficient (Wildman–Crippen LogP) is 2.98. The predicted molar refractivity (Wildman–Crippen MR) is 77.1 cm³/mol. The van der Waals surface area contributed by atoms with Gasteiger partial charge in [0.1, 0.15) is 11.5 Å². The largest absolute Gasteiger partial charge is 0.497 e. The standard InChI is InChI=1S/C17H18O3/c1-19-14-7-8-15-16(10-14)20-11-13(17(15)18)9-12-5-3-2-4-6-12/h2-8,10,13,17-18H,9,11H2,1H3. The Kier molecular flexibility index (Phi) is 3.61. The molecule has 20 heavy (non-hydrogen) atoms. The van der Waals surface area contributed by atoms with Gasteiger partial charge in [0.05, 0.1) is 19.8 Å². The average Bonchev–Trinajstić information content (AvgIpc) is 2.51. The van der Waals surface area contributed by atoms with Crippen LogP contribution >= 0.6 is 0 Å². The summed E-state index contributed by atoms with van der Waals surface area (Å²) < 4.78 is 11.0. The van der Waals surface area contributed by atoms with Gasteiger partial charge in [0.2, 0.25) is 0 Å². The van der Waals surface area contributed by atoms with E-state index in [-0.39, 0.29) is 5.92 Å². The van der Waals surface area contributed by atoms with E-state index in [0.717, 1.165) is 23.5 Å². The van der Waals surface area contributed by atoms with Gasteiger partial charge in [-0.05, 0) is 24.1 Å². The highest BCUT2D eigenvalue weighted by atomic mass is 16.5. The van der Waals surface area contributed by atoms with E-state index in [1.807, 2.05) is 36.4 Å². The first-order chi connectivity index (χ1) is 9.78. The molecule has 2 aromatic carbocycles. The zero-order valence-electron chi connectivity index (χ0n) is 11.5. The van der Waals surface area contributed by atoms with Crippen LogP contribution in [0.15, 0.2) is 48.5 Å². The molecule has 3 nitrogen and oxygen atoms in total. The van der Waals surface area contributed by atoms with Gasteiger partial charge in [-0.15, -0.1) is 0 Å². The fourth-order valence-corrected chi connectivity index (χ4v) is 2.64. The zero-order valence-corrected chi connectivity index (χ0v) is 11.5. The van der Waals surface area contributed by atoms with Crippen LogP contribution in [0.1, 0.15) is 17.2 Å². The van der Waals surface area contributed by atoms with Gasteiger partial charge in [-0.3, -0.25) is 0 Å². The van der Waals surface area contributed by atoms with Crippen LogP contribution in [0.2, 0.25) is 0 Å². The maximum atomic E-state index is 10.5. The highest BCUT2D eigenvalue weighted by molar-refractivity contribution is 5.43. The molecular formula is C17H18O3. The van der Waals surface area contributed by atoms with Gasteiger partial charge in [-0.2, -0.15) is 0 Å². The van der Waals surface area contributed by atoms with Crippen LogP contribution in [-0.4, -0.2) is 18.8 Å². The molecule has 2 unspecified atom stereocenters. The summed E-state index contributed by atoms with van der Waals surface area (Å²) in [5.74, 6) is 1.55. The lowest BCUT2D eigenvalue weighted by atomic mass is 9.88. The summed E-state index contributed by atoms with van der Waals surface area (Å²) in [4.78, 5) is 0. The fourth-order valence-electron chi connectivity index (χ4n) is 2.64. The molecule has 3 rings (SSSR count). The summed E-state index contributed by atoms with van der Waals surface area (Å²) in [6, 6.07) is 15.8. The van der Waals surface area contributed by atoms with Crippen molar-refractivity contribution >= 4 is 0 Å². The van der Waals surface area contributed by atoms with Crippen molar-refractivity contribution in [2.24, 2.45) is 5.92 Å². The Hall–Kier alpha value is -2.00. The number of ether oxygens (including phenoxy) is 2. The molecule has 2 atom stereocenters. The van der Waals surface area contributed by atoms with Gasteiger partial charge in [0, 0.05) is 17.5 Å². The van der Waals surface area contributed by atoms with Crippen LogP contribution in [0, 0.1) is 5.92 Å². The topological polar surface area (TPSA) is 38.7 Å². The Labute approximate surface area is 118 Å². The minimum Gasteiger partial charge on any atom is -0.497 e. The van der Waals surface area contributed by atoms with Crippen LogP contribution in [0.25, 0.3) is 0 Å². The first-order valence-corrected chi connectivity index (χ1v) is 6.80. The summed E-state index contributed by atoms with van der Waals surface area (Å²) >= 11 is 0. The number of aliphatic hydroxyl groups excluding tert-OH is 1. The second-order valence-electron chi connectivity index (χ2n) is 5.11. The molecule has 104 valence electrons. The minimum atomic E-state index is -0.495. The zero-order chi connectivity index (χ0) is 13.9. The van der Waals surface area contributed by atoms with Crippen LogP contribution in [0.4, 0.5) is 0 Å². The molecule has 0 radical (unpaired) electrons. The first kappa shape index (κ1) is 13.0. The lowest BCUT2D eigenvalue weighted by molar-refractivity contribution is 0.0506. The summed E-state index contributed by atoms with van der Waals surface area (Å²) in [6.07, 6.45) is 0.317. The normalized spacial score (nSPS) is 20.9. The highest BCUT2D eigenvalue weighted by Gasteiger charge is 2.29. The molecule has 0 saturated carbocycles. The fraction of sp³-hybridized carbons (Fsp3) is 0.294. The molecule has 1 heterocycles. The van der Waals surface area contributed by atoms with Crippen molar-refractivity contribution in [2.75, 3.05) is 13.7 Å². The van der Waals surface area contributed by atoms with Crippen molar-refractivity contribution in [1.29, 1.82) is 0 Å². The van der Waals surface area contributed by atoms with Crippen LogP contribution in [0.3, 0.4) is 0 Å². The second kappa shape index (κ2) is 5.55. The minimum absolute atomic E-state index is 0.0818. The lowest BCUT2D eigenvalue weighted by Crippen LogP contribution is -2.27. The Bertz CT molecular complexity index is 580. The third-order valence-electron chi connectivity index (χ3n) is 3.78. The third-order valence-corrected chi connectivity index (χ3v) is 3.78. The summed E-state index contributed by atoms with van der Waals surface area (Å²) in [7, 11) is 1.62. The number of hydrogen-bond acceptors (Lipinski definition) is 3. The molecular weight excluding hydrogens is 252 g/mol. The lowest BCUT2D eigenvalue weighted by Gasteiger charge is -2.30. The number of hydrogen-bond donors (Lipinski definition) is 1. The Balaban J connectivity index is 1.80. The van der Waals surface area contributed by atoms with E-state index < -0.39 is 6.10 Å². The van der Waals surface area contributed by atoms with E-state index >= 15 is 0 Å². The van der Waals surface area contributed by atoms with Crippen molar-refractivity contribution in [2.45, 2.75) is 12.5 Å². The van der Waals surface area contributed by atoms with Crippen molar-refractivity contribution < 1.29 is 14.6 Å². The number of fused-ring (bicyclic) bond motifs is 1. The molecule has 3 heteroatoms. The van der Waals surface area contributed by atoms with Crippen LogP contribution < -0.4 is 9.47 Å². The molecule has 1 aliphatic rings. The SMILES string of the molecule is COc1ccc2c(c1)OCC(Cc1ccccc1)C2O. The van der Waals surface area contributed by atoms with Gasteiger partial charge in [0.25, 0.3) is 0 Å². The number of rotatable bonds is 3. The van der Waals surface area contributed by atoms with Gasteiger partial charge >= 0.3 is 0 Å². The van der Waals surface area contributed by atoms with Gasteiger partial charge in [-0.1, -0.05) is 30.3 Å². The molecule has 0 bridgehead atoms. The molecule has 1 aliphatic heterocycles. The number of aliphatic hydroxyl groups is 1. The van der Waals surface area contributed by atoms with Crippen LogP contribution in [-0.2, 0) is 6.42 Å². The van der Waals surface area contributed by atoms with Crippen molar-refractivity contribution in [1.82, 2.24) is 0 Å². The van der Waals surface area contributed by atoms with E-state index in [2.05, 4.69) is 12.1 Å². The highest BCUT2D eigenvalue weighted by Crippen LogP contribution is 2.38. The van der Waals surface area contributed by atoms with E-state index in [1.165, 1.54) is 5.56 Å². The molecule has 0 aliphatic carbocycles. The second-order valence-corrected chi connectivity index (χ2v) is 5.11. The van der Waals surface area contributed by atoms with Gasteiger partial charge < -0.3 is 14.6 Å². The third kappa shape index (κ3) is 2.49. The van der Waals surface area contributed by atoms with Crippen LogP contribution in [0.5, 0.6) is 11.5 Å². The smallest absolute Gasteiger partial charge is 0.128 e. The molecule has 0 amide bonds. The Morgan fingerprint density at radius 2 is 2.00 bits per heavy atom. The summed E-state index contributed by atoms with van der Waals surface area (Å²) in [5, 5.41) is 10.5. The summed E-state index contributed by atoms with van der Waals surface area (Å²) in [6.45, 7) is 0.524. The monoisotopic (exact) mass is 270 g/mol. The summed E-state index contributed by atoms with van der Waals surface area (Å²) in [5.41, 5.74) is 2.06. The van der Waals surface area contributed by atoms with Crippen molar-refractivity contribution in [3.05, 3.63) is 59.7 Å². The maximum absolute atomic E-state index is 10.5. The molecule has 0 saturated heterocycles. The first-order valence-electron chi connectivity index (χ1n) is 6.80. The van der Waals surface area contributed by atoms with E-state index in [0.29, 0.717) is 6.61 Å². The van der Waals surface area contributed by atoms with E-state index in [1.54, 1.807) is 7.11 Å². The van der Waals surface area contributed by atoms with E-state index in [4.69, 9.17) is 9.47 Å². The molecule has 1 N–H and O–H groups in total. The average molecular weight is 270 g/mol. The number of methoxy groups -OCH3 is 1. The molecule has 0 aromatic heterocycles. The van der Waals surface area contributed by atoms with Gasteiger partial charge in [-0.25, -0.2) is 0 Å². The van der Waals surface area contributed by atoms with Crippen molar-refractivity contribution in [3.63, 3.8) is 0 Å². The maximum Gasteiger partial charge on any atom is 0.128 e. The number of benzene rings is 2.